The van der Waals surface area contributed by atoms with Crippen molar-refractivity contribution >= 4 is 22.5 Å². The zero-order valence-electron chi connectivity index (χ0n) is 12.8. The number of hydrogen-bond acceptors (Lipinski definition) is 2. The largest absolute Gasteiger partial charge is 0.324 e. The minimum atomic E-state index is -0.257. The van der Waals surface area contributed by atoms with Gasteiger partial charge < -0.3 is 5.32 Å². The number of rotatable bonds is 5. The Hall–Kier alpha value is -2.94. The molecule has 0 aliphatic heterocycles. The predicted octanol–water partition coefficient (Wildman–Crippen LogP) is 4.53. The van der Waals surface area contributed by atoms with Gasteiger partial charge in [0.15, 0.2) is 0 Å². The van der Waals surface area contributed by atoms with Crippen molar-refractivity contribution in [1.82, 2.24) is 4.98 Å². The summed E-state index contributed by atoms with van der Waals surface area (Å²) in [7, 11) is 0. The third-order valence-corrected chi connectivity index (χ3v) is 3.81. The normalized spacial score (nSPS) is 11.8. The van der Waals surface area contributed by atoms with Crippen LogP contribution in [0.5, 0.6) is 0 Å². The molecule has 1 atom stereocenters. The van der Waals surface area contributed by atoms with E-state index < -0.39 is 0 Å². The van der Waals surface area contributed by atoms with Gasteiger partial charge >= 0.3 is 0 Å². The van der Waals surface area contributed by atoms with Gasteiger partial charge in [0.1, 0.15) is 0 Å². The maximum absolute atomic E-state index is 12.8. The molecule has 0 fully saturated rings. The van der Waals surface area contributed by atoms with Crippen molar-refractivity contribution in [3.63, 3.8) is 0 Å². The third kappa shape index (κ3) is 3.29. The summed E-state index contributed by atoms with van der Waals surface area (Å²) in [6.07, 6.45) is 4.10. The molecule has 23 heavy (non-hydrogen) atoms. The second-order valence-corrected chi connectivity index (χ2v) is 5.36. The molecule has 2 aromatic carbocycles. The van der Waals surface area contributed by atoms with E-state index in [1.165, 1.54) is 0 Å². The second kappa shape index (κ2) is 6.88. The summed E-state index contributed by atoms with van der Waals surface area (Å²) in [6.45, 7) is 3.77. The van der Waals surface area contributed by atoms with Crippen molar-refractivity contribution in [3.8, 4) is 0 Å². The summed E-state index contributed by atoms with van der Waals surface area (Å²) in [6, 6.07) is 19.4. The molecule has 3 heteroatoms. The van der Waals surface area contributed by atoms with Gasteiger partial charge in [-0.1, -0.05) is 54.6 Å². The lowest BCUT2D eigenvalue weighted by Gasteiger charge is -2.16. The molecule has 1 heterocycles. The molecule has 0 aliphatic rings. The highest BCUT2D eigenvalue weighted by atomic mass is 16.1. The molecule has 3 rings (SSSR count). The summed E-state index contributed by atoms with van der Waals surface area (Å²) in [5.74, 6) is -0.304. The number of amides is 1. The number of benzene rings is 2. The standard InChI is InChI=1S/C20H18N2O/c1-2-8-17(15-9-4-3-5-10-15)20(23)22-18-13-6-11-16-12-7-14-21-19(16)18/h2-7,9-14,17H,1,8H2,(H,22,23). The van der Waals surface area contributed by atoms with E-state index in [2.05, 4.69) is 16.9 Å². The van der Waals surface area contributed by atoms with Crippen LogP contribution in [0.4, 0.5) is 5.69 Å². The van der Waals surface area contributed by atoms with Crippen LogP contribution in [0.1, 0.15) is 17.9 Å². The van der Waals surface area contributed by atoms with E-state index in [4.69, 9.17) is 0 Å². The van der Waals surface area contributed by atoms with E-state index >= 15 is 0 Å². The van der Waals surface area contributed by atoms with Crippen molar-refractivity contribution in [2.75, 3.05) is 5.32 Å². The topological polar surface area (TPSA) is 42.0 Å². The first-order chi connectivity index (χ1) is 11.3. The van der Waals surface area contributed by atoms with Crippen molar-refractivity contribution in [2.24, 2.45) is 0 Å². The van der Waals surface area contributed by atoms with Crippen molar-refractivity contribution in [1.29, 1.82) is 0 Å². The lowest BCUT2D eigenvalue weighted by atomic mass is 9.94. The molecule has 0 aliphatic carbocycles. The lowest BCUT2D eigenvalue weighted by molar-refractivity contribution is -0.117. The Morgan fingerprint density at radius 1 is 1.09 bits per heavy atom. The Bertz CT molecular complexity index is 822. The molecule has 0 saturated heterocycles. The number of hydrogen-bond donors (Lipinski definition) is 1. The summed E-state index contributed by atoms with van der Waals surface area (Å²) >= 11 is 0. The Kier molecular flexibility index (Phi) is 4.48. The Balaban J connectivity index is 1.91. The summed E-state index contributed by atoms with van der Waals surface area (Å²) in [4.78, 5) is 17.1. The van der Waals surface area contributed by atoms with Crippen LogP contribution in [0.15, 0.2) is 79.5 Å². The molecule has 0 radical (unpaired) electrons. The Morgan fingerprint density at radius 3 is 2.65 bits per heavy atom. The van der Waals surface area contributed by atoms with Gasteiger partial charge in [-0.05, 0) is 24.1 Å². The fourth-order valence-electron chi connectivity index (χ4n) is 2.67. The first kappa shape index (κ1) is 15.0. The zero-order chi connectivity index (χ0) is 16.1. The number of nitrogens with zero attached hydrogens (tertiary/aromatic N) is 1. The summed E-state index contributed by atoms with van der Waals surface area (Å²) in [5, 5.41) is 4.02. The summed E-state index contributed by atoms with van der Waals surface area (Å²) < 4.78 is 0. The molecule has 1 unspecified atom stereocenters. The average Bonchev–Trinajstić information content (AvgIpc) is 2.60. The van der Waals surface area contributed by atoms with E-state index in [9.17, 15) is 4.79 Å². The van der Waals surface area contributed by atoms with Crippen molar-refractivity contribution in [3.05, 3.63) is 85.1 Å². The van der Waals surface area contributed by atoms with Gasteiger partial charge in [0.2, 0.25) is 5.91 Å². The van der Waals surface area contributed by atoms with Gasteiger partial charge in [-0.15, -0.1) is 6.58 Å². The van der Waals surface area contributed by atoms with E-state index in [1.54, 1.807) is 12.3 Å². The molecule has 0 saturated carbocycles. The van der Waals surface area contributed by atoms with Crippen LogP contribution in [-0.2, 0) is 4.79 Å². The van der Waals surface area contributed by atoms with Crippen LogP contribution in [0, 0.1) is 0 Å². The van der Waals surface area contributed by atoms with Gasteiger partial charge in [-0.25, -0.2) is 0 Å². The number of anilines is 1. The minimum absolute atomic E-state index is 0.0470. The van der Waals surface area contributed by atoms with E-state index in [0.717, 1.165) is 22.2 Å². The summed E-state index contributed by atoms with van der Waals surface area (Å²) in [5.41, 5.74) is 2.52. The number of allylic oxidation sites excluding steroid dienone is 1. The fourth-order valence-corrected chi connectivity index (χ4v) is 2.67. The van der Waals surface area contributed by atoms with Crippen LogP contribution in [0.3, 0.4) is 0 Å². The van der Waals surface area contributed by atoms with Crippen LogP contribution in [0.25, 0.3) is 10.9 Å². The van der Waals surface area contributed by atoms with Gasteiger partial charge in [0.25, 0.3) is 0 Å². The number of carbonyl (C=O) groups excluding carboxylic acids is 1. The monoisotopic (exact) mass is 302 g/mol. The van der Waals surface area contributed by atoms with Gasteiger partial charge in [-0.2, -0.15) is 0 Å². The highest BCUT2D eigenvalue weighted by Gasteiger charge is 2.19. The zero-order valence-corrected chi connectivity index (χ0v) is 12.8. The smallest absolute Gasteiger partial charge is 0.232 e. The van der Waals surface area contributed by atoms with Crippen molar-refractivity contribution in [2.45, 2.75) is 12.3 Å². The molecule has 0 bridgehead atoms. The second-order valence-electron chi connectivity index (χ2n) is 5.36. The predicted molar refractivity (Wildman–Crippen MR) is 94.4 cm³/mol. The van der Waals surface area contributed by atoms with Crippen molar-refractivity contribution < 1.29 is 4.79 Å². The van der Waals surface area contributed by atoms with Crippen LogP contribution in [0.2, 0.25) is 0 Å². The van der Waals surface area contributed by atoms with Crippen LogP contribution >= 0.6 is 0 Å². The Labute approximate surface area is 135 Å². The van der Waals surface area contributed by atoms with Crippen LogP contribution < -0.4 is 5.32 Å². The van der Waals surface area contributed by atoms with Gasteiger partial charge in [0, 0.05) is 11.6 Å². The quantitative estimate of drug-likeness (QED) is 0.703. The third-order valence-electron chi connectivity index (χ3n) is 3.81. The SMILES string of the molecule is C=CCC(C(=O)Nc1cccc2cccnc12)c1ccccc1. The maximum Gasteiger partial charge on any atom is 0.232 e. The van der Waals surface area contributed by atoms with E-state index in [1.807, 2.05) is 60.7 Å². The fraction of sp³-hybridized carbons (Fsp3) is 0.100. The van der Waals surface area contributed by atoms with Crippen LogP contribution in [-0.4, -0.2) is 10.9 Å². The molecule has 114 valence electrons. The number of para-hydroxylation sites is 1. The number of carbonyl (C=O) groups is 1. The molecule has 0 spiro atoms. The van der Waals surface area contributed by atoms with E-state index in [0.29, 0.717) is 6.42 Å². The first-order valence-corrected chi connectivity index (χ1v) is 7.60. The molecule has 1 N–H and O–H groups in total. The molecule has 3 aromatic rings. The highest BCUT2D eigenvalue weighted by Crippen LogP contribution is 2.25. The number of fused-ring (bicyclic) bond motifs is 1. The lowest BCUT2D eigenvalue weighted by Crippen LogP contribution is -2.21. The minimum Gasteiger partial charge on any atom is -0.324 e. The van der Waals surface area contributed by atoms with E-state index in [-0.39, 0.29) is 11.8 Å². The number of pyridine rings is 1. The molecular weight excluding hydrogens is 284 g/mol. The first-order valence-electron chi connectivity index (χ1n) is 7.60. The van der Waals surface area contributed by atoms with Gasteiger partial charge in [-0.3, -0.25) is 9.78 Å². The van der Waals surface area contributed by atoms with Gasteiger partial charge in [0.05, 0.1) is 17.1 Å². The highest BCUT2D eigenvalue weighted by molar-refractivity contribution is 6.02. The molecule has 1 amide bonds. The Morgan fingerprint density at radius 2 is 1.87 bits per heavy atom. The molecule has 1 aromatic heterocycles. The number of aromatic nitrogens is 1. The maximum atomic E-state index is 12.8. The average molecular weight is 302 g/mol. The number of nitrogens with one attached hydrogen (secondary N) is 1. The molecular formula is C20H18N2O. The molecule has 3 nitrogen and oxygen atoms in total.